The smallest absolute Gasteiger partial charge is 0.238 e. The summed E-state index contributed by atoms with van der Waals surface area (Å²) in [7, 11) is 3.00. The molecule has 3 rings (SSSR count). The fourth-order valence-electron chi connectivity index (χ4n) is 3.65. The van der Waals surface area contributed by atoms with E-state index in [0.29, 0.717) is 0 Å². The molecule has 35 heavy (non-hydrogen) atoms. The molecule has 10 nitrogen and oxygen atoms in total. The summed E-state index contributed by atoms with van der Waals surface area (Å²) in [5.74, 6) is -4.96. The lowest BCUT2D eigenvalue weighted by Gasteiger charge is -2.43. The molecule has 0 spiro atoms. The number of ether oxygens (including phenoxy) is 1. The molecule has 1 amide bonds. The quantitative estimate of drug-likeness (QED) is 0.380. The summed E-state index contributed by atoms with van der Waals surface area (Å²) in [5, 5.41) is 48.6. The molecule has 194 valence electrons. The van der Waals surface area contributed by atoms with Gasteiger partial charge in [-0.05, 0) is 26.0 Å². The summed E-state index contributed by atoms with van der Waals surface area (Å²) >= 11 is 0.807. The van der Waals surface area contributed by atoms with Gasteiger partial charge in [-0.1, -0.05) is 5.21 Å². The summed E-state index contributed by atoms with van der Waals surface area (Å²) in [6.45, 7) is 2.19. The van der Waals surface area contributed by atoms with E-state index in [9.17, 15) is 38.4 Å². The molecule has 0 radical (unpaired) electrons. The van der Waals surface area contributed by atoms with Gasteiger partial charge in [0.05, 0.1) is 18.4 Å². The van der Waals surface area contributed by atoms with Crippen LogP contribution in [-0.4, -0.2) is 102 Å². The molecule has 14 heteroatoms. The van der Waals surface area contributed by atoms with Crippen LogP contribution in [0.5, 0.6) is 0 Å². The summed E-state index contributed by atoms with van der Waals surface area (Å²) in [5.41, 5.74) is -2.93. The molecule has 1 aliphatic rings. The highest BCUT2D eigenvalue weighted by molar-refractivity contribution is 8.01. The van der Waals surface area contributed by atoms with Crippen molar-refractivity contribution < 1.29 is 43.1 Å². The van der Waals surface area contributed by atoms with Crippen LogP contribution in [0.2, 0.25) is 0 Å². The number of aliphatic hydroxyl groups excluding tert-OH is 3. The number of nitrogens with zero attached hydrogens (tertiary/aromatic N) is 4. The van der Waals surface area contributed by atoms with Crippen molar-refractivity contribution in [3.8, 4) is 11.3 Å². The predicted molar refractivity (Wildman–Crippen MR) is 119 cm³/mol. The Labute approximate surface area is 203 Å². The van der Waals surface area contributed by atoms with E-state index in [1.165, 1.54) is 39.0 Å². The van der Waals surface area contributed by atoms with Gasteiger partial charge in [0.2, 0.25) is 5.91 Å². The number of carbonyl (C=O) groups is 1. The number of carbonyl (C=O) groups excluding carboxylic acids is 1. The van der Waals surface area contributed by atoms with Crippen LogP contribution in [0.4, 0.5) is 13.2 Å². The molecule has 2 aromatic rings. The minimum absolute atomic E-state index is 0.0735. The highest BCUT2D eigenvalue weighted by Crippen LogP contribution is 2.39. The maximum absolute atomic E-state index is 13.7. The van der Waals surface area contributed by atoms with Crippen molar-refractivity contribution in [2.45, 2.75) is 54.5 Å². The lowest BCUT2D eigenvalue weighted by atomic mass is 9.97. The first-order valence-electron chi connectivity index (χ1n) is 10.5. The Bertz CT molecular complexity index is 1040. The van der Waals surface area contributed by atoms with Crippen LogP contribution in [0, 0.1) is 17.5 Å². The van der Waals surface area contributed by atoms with Crippen LogP contribution >= 0.6 is 11.8 Å². The number of hydrogen-bond acceptors (Lipinski definition) is 9. The van der Waals surface area contributed by atoms with Gasteiger partial charge in [-0.3, -0.25) is 4.79 Å². The molecule has 0 bridgehead atoms. The number of benzene rings is 1. The van der Waals surface area contributed by atoms with Gasteiger partial charge in [0.25, 0.3) is 0 Å². The molecule has 1 aromatic carbocycles. The van der Waals surface area contributed by atoms with Gasteiger partial charge in [-0.2, -0.15) is 0 Å². The average molecular weight is 521 g/mol. The first-order valence-corrected chi connectivity index (χ1v) is 11.5. The maximum Gasteiger partial charge on any atom is 0.238 e. The number of amides is 1. The first-order chi connectivity index (χ1) is 16.3. The average Bonchev–Trinajstić information content (AvgIpc) is 3.25. The molecule has 1 unspecified atom stereocenters. The van der Waals surface area contributed by atoms with Crippen LogP contribution in [0.1, 0.15) is 19.9 Å². The van der Waals surface area contributed by atoms with Crippen LogP contribution in [0.15, 0.2) is 18.3 Å². The second-order valence-electron chi connectivity index (χ2n) is 8.94. The number of aromatic nitrogens is 3. The molecule has 4 N–H and O–H groups in total. The molecule has 1 fully saturated rings. The van der Waals surface area contributed by atoms with Crippen molar-refractivity contribution in [1.82, 2.24) is 19.9 Å². The third kappa shape index (κ3) is 5.62. The number of aliphatic hydroxyl groups is 4. The molecular formula is C21H27F3N4O6S. The standard InChI is InChI=1S/C21H27F3N4O6S/c1-21(2,33)18(19(32)27(3)4)35-20-17(31)15(16(30)13(8-29)34-20)28-7-12(25-26-28)9-5-10(22)14(24)11(23)6-9/h5-7,13,15-18,20,29-31,33H,8H2,1-4H3/t13-,15+,16+,17-,18?,20+/m1/s1. The number of thioether (sulfide) groups is 1. The zero-order chi connectivity index (χ0) is 26.2. The minimum atomic E-state index is -1.64. The Balaban J connectivity index is 1.94. The Morgan fingerprint density at radius 2 is 1.83 bits per heavy atom. The van der Waals surface area contributed by atoms with Crippen molar-refractivity contribution >= 4 is 17.7 Å². The second kappa shape index (κ2) is 10.4. The molecule has 1 aromatic heterocycles. The fraction of sp³-hybridized carbons (Fsp3) is 0.571. The van der Waals surface area contributed by atoms with Gasteiger partial charge in [-0.15, -0.1) is 16.9 Å². The first kappa shape index (κ1) is 27.4. The predicted octanol–water partition coefficient (Wildman–Crippen LogP) is 0.303. The SMILES string of the molecule is CN(C)C(=O)C(S[C@@H]1O[C@H](CO)[C@H](O)[C@H](n2cc(-c3cc(F)c(F)c(F)c3)nn2)[C@H]1O)C(C)(C)O. The van der Waals surface area contributed by atoms with Gasteiger partial charge >= 0.3 is 0 Å². The third-order valence-electron chi connectivity index (χ3n) is 5.52. The van der Waals surface area contributed by atoms with E-state index in [4.69, 9.17) is 4.74 Å². The van der Waals surface area contributed by atoms with Gasteiger partial charge in [-0.25, -0.2) is 17.9 Å². The van der Waals surface area contributed by atoms with Crippen molar-refractivity contribution in [3.05, 3.63) is 35.8 Å². The fourth-order valence-corrected chi connectivity index (χ4v) is 5.10. The van der Waals surface area contributed by atoms with Crippen LogP contribution < -0.4 is 0 Å². The van der Waals surface area contributed by atoms with Gasteiger partial charge in [0.15, 0.2) is 17.5 Å². The molecule has 1 saturated heterocycles. The molecule has 1 aliphatic heterocycles. The lowest BCUT2D eigenvalue weighted by Crippen LogP contribution is -2.56. The van der Waals surface area contributed by atoms with E-state index in [-0.39, 0.29) is 11.3 Å². The Hall–Kier alpha value is -2.23. The highest BCUT2D eigenvalue weighted by Gasteiger charge is 2.49. The van der Waals surface area contributed by atoms with E-state index in [1.54, 1.807) is 0 Å². The molecular weight excluding hydrogens is 493 g/mol. The van der Waals surface area contributed by atoms with Crippen molar-refractivity contribution in [2.75, 3.05) is 20.7 Å². The normalized spacial score (nSPS) is 26.0. The summed E-state index contributed by atoms with van der Waals surface area (Å²) in [6.07, 6.45) is -3.03. The van der Waals surface area contributed by atoms with Gasteiger partial charge < -0.3 is 30.1 Å². The van der Waals surface area contributed by atoms with E-state index >= 15 is 0 Å². The number of rotatable bonds is 7. The monoisotopic (exact) mass is 520 g/mol. The van der Waals surface area contributed by atoms with E-state index in [1.807, 2.05) is 0 Å². The topological polar surface area (TPSA) is 141 Å². The molecule has 0 saturated carbocycles. The van der Waals surface area contributed by atoms with Crippen LogP contribution in [-0.2, 0) is 9.53 Å². The summed E-state index contributed by atoms with van der Waals surface area (Å²) < 4.78 is 47.3. The van der Waals surface area contributed by atoms with Crippen molar-refractivity contribution in [3.63, 3.8) is 0 Å². The van der Waals surface area contributed by atoms with Gasteiger partial charge in [0, 0.05) is 19.7 Å². The minimum Gasteiger partial charge on any atom is -0.394 e. The van der Waals surface area contributed by atoms with E-state index in [2.05, 4.69) is 10.3 Å². The number of halogens is 3. The van der Waals surface area contributed by atoms with Crippen molar-refractivity contribution in [1.29, 1.82) is 0 Å². The number of hydrogen-bond donors (Lipinski definition) is 4. The van der Waals surface area contributed by atoms with E-state index in [0.717, 1.165) is 28.6 Å². The van der Waals surface area contributed by atoms with Crippen LogP contribution in [0.25, 0.3) is 11.3 Å². The zero-order valence-corrected chi connectivity index (χ0v) is 20.2. The Kier molecular flexibility index (Phi) is 8.13. The Morgan fingerprint density at radius 3 is 2.34 bits per heavy atom. The summed E-state index contributed by atoms with van der Waals surface area (Å²) in [4.78, 5) is 13.9. The highest BCUT2D eigenvalue weighted by atomic mass is 32.2. The lowest BCUT2D eigenvalue weighted by molar-refractivity contribution is -0.179. The second-order valence-corrected chi connectivity index (χ2v) is 10.1. The van der Waals surface area contributed by atoms with Crippen LogP contribution in [0.3, 0.4) is 0 Å². The summed E-state index contributed by atoms with van der Waals surface area (Å²) in [6, 6.07) is 0.186. The maximum atomic E-state index is 13.7. The Morgan fingerprint density at radius 1 is 1.23 bits per heavy atom. The van der Waals surface area contributed by atoms with E-state index < -0.39 is 70.6 Å². The third-order valence-corrected chi connectivity index (χ3v) is 7.23. The van der Waals surface area contributed by atoms with Crippen molar-refractivity contribution in [2.24, 2.45) is 0 Å². The zero-order valence-electron chi connectivity index (χ0n) is 19.3. The molecule has 2 heterocycles. The van der Waals surface area contributed by atoms with Gasteiger partial charge in [0.1, 0.15) is 40.7 Å². The molecule has 0 aliphatic carbocycles. The largest absolute Gasteiger partial charge is 0.394 e. The molecule has 6 atom stereocenters.